The van der Waals surface area contributed by atoms with E-state index in [1.807, 2.05) is 30.9 Å². The van der Waals surface area contributed by atoms with Gasteiger partial charge in [-0.25, -0.2) is 9.97 Å². The lowest BCUT2D eigenvalue weighted by molar-refractivity contribution is 0.738. The standard InChI is InChI=1S/C11H15N5/c1-8-10(7-14-16(8)3)6-13-11-4-5-12-9(2)15-11/h4-5,7H,6H2,1-3H3,(H,12,13,15). The fourth-order valence-corrected chi connectivity index (χ4v) is 1.46. The second-order valence-electron chi connectivity index (χ2n) is 3.72. The van der Waals surface area contributed by atoms with Gasteiger partial charge in [-0.1, -0.05) is 0 Å². The molecule has 2 rings (SSSR count). The minimum atomic E-state index is 0.732. The Kier molecular flexibility index (Phi) is 2.85. The van der Waals surface area contributed by atoms with E-state index in [0.717, 1.165) is 18.2 Å². The molecular weight excluding hydrogens is 202 g/mol. The molecule has 16 heavy (non-hydrogen) atoms. The summed E-state index contributed by atoms with van der Waals surface area (Å²) in [7, 11) is 1.94. The van der Waals surface area contributed by atoms with Gasteiger partial charge in [-0.3, -0.25) is 4.68 Å². The molecule has 0 atom stereocenters. The Labute approximate surface area is 94.5 Å². The predicted molar refractivity (Wildman–Crippen MR) is 62.0 cm³/mol. The Balaban J connectivity index is 2.05. The Morgan fingerprint density at radius 1 is 1.38 bits per heavy atom. The number of rotatable bonds is 3. The highest BCUT2D eigenvalue weighted by Crippen LogP contribution is 2.08. The highest BCUT2D eigenvalue weighted by Gasteiger charge is 2.03. The quantitative estimate of drug-likeness (QED) is 0.845. The lowest BCUT2D eigenvalue weighted by Crippen LogP contribution is -2.03. The molecule has 2 aromatic heterocycles. The summed E-state index contributed by atoms with van der Waals surface area (Å²) in [6, 6.07) is 1.86. The zero-order chi connectivity index (χ0) is 11.5. The van der Waals surface area contributed by atoms with Gasteiger partial charge in [-0.05, 0) is 19.9 Å². The summed E-state index contributed by atoms with van der Waals surface area (Å²) in [6.07, 6.45) is 3.62. The lowest BCUT2D eigenvalue weighted by Gasteiger charge is -2.05. The van der Waals surface area contributed by atoms with Gasteiger partial charge in [0.2, 0.25) is 0 Å². The number of hydrogen-bond acceptors (Lipinski definition) is 4. The van der Waals surface area contributed by atoms with Crippen molar-refractivity contribution in [2.75, 3.05) is 5.32 Å². The molecule has 2 aromatic rings. The number of aromatic nitrogens is 4. The third-order valence-corrected chi connectivity index (χ3v) is 2.57. The Morgan fingerprint density at radius 3 is 2.81 bits per heavy atom. The average molecular weight is 217 g/mol. The van der Waals surface area contributed by atoms with Gasteiger partial charge in [0.25, 0.3) is 0 Å². The normalized spacial score (nSPS) is 10.4. The van der Waals surface area contributed by atoms with Crippen molar-refractivity contribution >= 4 is 5.82 Å². The number of nitrogens with zero attached hydrogens (tertiary/aromatic N) is 4. The first-order valence-corrected chi connectivity index (χ1v) is 5.18. The van der Waals surface area contributed by atoms with Crippen LogP contribution < -0.4 is 5.32 Å². The summed E-state index contributed by atoms with van der Waals surface area (Å²) in [5, 5.41) is 7.44. The van der Waals surface area contributed by atoms with E-state index in [9.17, 15) is 0 Å². The Bertz CT molecular complexity index is 489. The molecule has 5 heteroatoms. The van der Waals surface area contributed by atoms with Crippen LogP contribution in [-0.2, 0) is 13.6 Å². The summed E-state index contributed by atoms with van der Waals surface area (Å²) in [4.78, 5) is 8.32. The molecule has 1 N–H and O–H groups in total. The van der Waals surface area contributed by atoms with E-state index in [2.05, 4.69) is 27.3 Å². The van der Waals surface area contributed by atoms with Crippen molar-refractivity contribution in [3.05, 3.63) is 35.5 Å². The van der Waals surface area contributed by atoms with E-state index >= 15 is 0 Å². The minimum absolute atomic E-state index is 0.732. The highest BCUT2D eigenvalue weighted by molar-refractivity contribution is 5.34. The van der Waals surface area contributed by atoms with E-state index in [-0.39, 0.29) is 0 Å². The van der Waals surface area contributed by atoms with Crippen molar-refractivity contribution in [3.63, 3.8) is 0 Å². The maximum atomic E-state index is 4.28. The van der Waals surface area contributed by atoms with Gasteiger partial charge in [0.1, 0.15) is 11.6 Å². The van der Waals surface area contributed by atoms with Gasteiger partial charge < -0.3 is 5.32 Å². The second kappa shape index (κ2) is 4.30. The van der Waals surface area contributed by atoms with Crippen molar-refractivity contribution in [1.29, 1.82) is 0 Å². The molecule has 0 aromatic carbocycles. The van der Waals surface area contributed by atoms with E-state index in [4.69, 9.17) is 0 Å². The summed E-state index contributed by atoms with van der Waals surface area (Å²) < 4.78 is 1.86. The fourth-order valence-electron chi connectivity index (χ4n) is 1.46. The first kappa shape index (κ1) is 10.6. The van der Waals surface area contributed by atoms with Crippen molar-refractivity contribution in [2.24, 2.45) is 7.05 Å². The topological polar surface area (TPSA) is 55.6 Å². The largest absolute Gasteiger partial charge is 0.366 e. The van der Waals surface area contributed by atoms with Crippen LogP contribution in [0.25, 0.3) is 0 Å². The number of hydrogen-bond donors (Lipinski definition) is 1. The lowest BCUT2D eigenvalue weighted by atomic mass is 10.2. The molecule has 0 fully saturated rings. The van der Waals surface area contributed by atoms with Crippen molar-refractivity contribution < 1.29 is 0 Å². The molecule has 84 valence electrons. The first-order chi connectivity index (χ1) is 7.66. The van der Waals surface area contributed by atoms with E-state index in [1.54, 1.807) is 6.20 Å². The molecule has 2 heterocycles. The second-order valence-corrected chi connectivity index (χ2v) is 3.72. The zero-order valence-electron chi connectivity index (χ0n) is 9.73. The van der Waals surface area contributed by atoms with Crippen LogP contribution in [0, 0.1) is 13.8 Å². The molecule has 0 aliphatic rings. The van der Waals surface area contributed by atoms with Gasteiger partial charge in [-0.2, -0.15) is 5.10 Å². The zero-order valence-corrected chi connectivity index (χ0v) is 9.73. The molecule has 0 saturated heterocycles. The first-order valence-electron chi connectivity index (χ1n) is 5.18. The van der Waals surface area contributed by atoms with Gasteiger partial charge >= 0.3 is 0 Å². The fraction of sp³-hybridized carbons (Fsp3) is 0.364. The summed E-state index contributed by atoms with van der Waals surface area (Å²) in [5.41, 5.74) is 2.34. The van der Waals surface area contributed by atoms with Crippen LogP contribution in [-0.4, -0.2) is 19.7 Å². The van der Waals surface area contributed by atoms with Crippen LogP contribution in [0.1, 0.15) is 17.1 Å². The molecular formula is C11H15N5. The Morgan fingerprint density at radius 2 is 2.19 bits per heavy atom. The smallest absolute Gasteiger partial charge is 0.129 e. The van der Waals surface area contributed by atoms with Crippen LogP contribution in [0.3, 0.4) is 0 Å². The molecule has 0 radical (unpaired) electrons. The van der Waals surface area contributed by atoms with Crippen LogP contribution in [0.2, 0.25) is 0 Å². The van der Waals surface area contributed by atoms with E-state index in [1.165, 1.54) is 11.3 Å². The van der Waals surface area contributed by atoms with Gasteiger partial charge in [0, 0.05) is 31.0 Å². The van der Waals surface area contributed by atoms with Crippen LogP contribution >= 0.6 is 0 Å². The van der Waals surface area contributed by atoms with Crippen LogP contribution in [0.4, 0.5) is 5.82 Å². The van der Waals surface area contributed by atoms with Crippen molar-refractivity contribution in [3.8, 4) is 0 Å². The van der Waals surface area contributed by atoms with Crippen LogP contribution in [0.15, 0.2) is 18.5 Å². The van der Waals surface area contributed by atoms with Gasteiger partial charge in [-0.15, -0.1) is 0 Å². The monoisotopic (exact) mass is 217 g/mol. The molecule has 5 nitrogen and oxygen atoms in total. The minimum Gasteiger partial charge on any atom is -0.366 e. The Hall–Kier alpha value is -1.91. The number of anilines is 1. The molecule has 0 bridgehead atoms. The summed E-state index contributed by atoms with van der Waals surface area (Å²) >= 11 is 0. The van der Waals surface area contributed by atoms with E-state index in [0.29, 0.717) is 0 Å². The SMILES string of the molecule is Cc1nccc(NCc2cnn(C)c2C)n1. The summed E-state index contributed by atoms with van der Waals surface area (Å²) in [5.74, 6) is 1.61. The van der Waals surface area contributed by atoms with Gasteiger partial charge in [0.15, 0.2) is 0 Å². The van der Waals surface area contributed by atoms with Crippen molar-refractivity contribution in [2.45, 2.75) is 20.4 Å². The maximum Gasteiger partial charge on any atom is 0.129 e. The third-order valence-electron chi connectivity index (χ3n) is 2.57. The number of nitrogens with one attached hydrogen (secondary N) is 1. The third kappa shape index (κ3) is 2.18. The van der Waals surface area contributed by atoms with Crippen molar-refractivity contribution in [1.82, 2.24) is 19.7 Å². The van der Waals surface area contributed by atoms with Crippen LogP contribution in [0.5, 0.6) is 0 Å². The molecule has 0 saturated carbocycles. The number of aryl methyl sites for hydroxylation is 2. The summed E-state index contributed by atoms with van der Waals surface area (Å²) in [6.45, 7) is 4.66. The van der Waals surface area contributed by atoms with E-state index < -0.39 is 0 Å². The molecule has 0 spiro atoms. The predicted octanol–water partition coefficient (Wildman–Crippen LogP) is 1.44. The molecule has 0 aliphatic carbocycles. The highest BCUT2D eigenvalue weighted by atomic mass is 15.3. The molecule has 0 aliphatic heterocycles. The van der Waals surface area contributed by atoms with Gasteiger partial charge in [0.05, 0.1) is 6.20 Å². The molecule has 0 amide bonds. The molecule has 0 unspecified atom stereocenters. The average Bonchev–Trinajstić information content (AvgIpc) is 2.57. The maximum absolute atomic E-state index is 4.28.